The van der Waals surface area contributed by atoms with Crippen LogP contribution in [0, 0.1) is 0 Å². The van der Waals surface area contributed by atoms with E-state index < -0.39 is 34.0 Å². The normalized spacial score (nSPS) is 16.2. The van der Waals surface area contributed by atoms with Crippen LogP contribution in [0.5, 0.6) is 5.75 Å². The van der Waals surface area contributed by atoms with E-state index in [2.05, 4.69) is 15.1 Å². The van der Waals surface area contributed by atoms with Gasteiger partial charge in [-0.3, -0.25) is 0 Å². The van der Waals surface area contributed by atoms with E-state index in [1.54, 1.807) is 36.4 Å². The fraction of sp³-hybridized carbons (Fsp3) is 0.360. The summed E-state index contributed by atoms with van der Waals surface area (Å²) in [5.74, 6) is 0.121. The van der Waals surface area contributed by atoms with Crippen molar-refractivity contribution >= 4 is 21.8 Å². The second-order valence-electron chi connectivity index (χ2n) is 9.10. The van der Waals surface area contributed by atoms with Gasteiger partial charge in [0.15, 0.2) is 5.69 Å². The van der Waals surface area contributed by atoms with Crippen molar-refractivity contribution in [2.75, 3.05) is 25.1 Å². The number of aromatic nitrogens is 2. The minimum absolute atomic E-state index is 0.0514. The molecule has 0 saturated carbocycles. The predicted molar refractivity (Wildman–Crippen MR) is 137 cm³/mol. The van der Waals surface area contributed by atoms with Gasteiger partial charge in [-0.05, 0) is 42.2 Å². The number of piperidine rings is 1. The first-order valence-corrected chi connectivity index (χ1v) is 13.7. The third kappa shape index (κ3) is 7.20. The van der Waals surface area contributed by atoms with Crippen LogP contribution in [0.15, 0.2) is 54.7 Å². The summed E-state index contributed by atoms with van der Waals surface area (Å²) < 4.78 is 76.4. The van der Waals surface area contributed by atoms with Crippen LogP contribution in [0.3, 0.4) is 0 Å². The maximum atomic E-state index is 14.0. The number of carbonyl (C=O) groups is 1. The molecule has 1 amide bonds. The average Bonchev–Trinajstić information content (AvgIpc) is 3.34. The second kappa shape index (κ2) is 11.5. The zero-order chi connectivity index (χ0) is 28.2. The molecule has 2 aromatic carbocycles. The third-order valence-corrected chi connectivity index (χ3v) is 7.57. The topological polar surface area (TPSA) is 126 Å². The van der Waals surface area contributed by atoms with Gasteiger partial charge < -0.3 is 20.1 Å². The molecule has 1 atom stereocenters. The molecular formula is C25H28F3N5O5S. The number of amides is 1. The summed E-state index contributed by atoms with van der Waals surface area (Å²) in [7, 11) is -2.35. The van der Waals surface area contributed by atoms with Crippen molar-refractivity contribution in [3.8, 4) is 11.4 Å². The van der Waals surface area contributed by atoms with Crippen molar-refractivity contribution in [3.63, 3.8) is 0 Å². The lowest BCUT2D eigenvalue weighted by Crippen LogP contribution is -2.47. The zero-order valence-corrected chi connectivity index (χ0v) is 21.8. The number of hydrogen-bond acceptors (Lipinski definition) is 6. The van der Waals surface area contributed by atoms with Crippen molar-refractivity contribution in [2.45, 2.75) is 37.4 Å². The SMILES string of the molecule is COc1ccc(-n2cc(N3CCCC(NC(=O)O)C3)c(C(F)(F)F)n2)c(CNS(=O)(=O)Cc2ccccc2)c1. The Hall–Kier alpha value is -3.78. The van der Waals surface area contributed by atoms with Gasteiger partial charge in [-0.15, -0.1) is 0 Å². The molecule has 39 heavy (non-hydrogen) atoms. The molecule has 0 aliphatic carbocycles. The van der Waals surface area contributed by atoms with Gasteiger partial charge in [-0.25, -0.2) is 22.6 Å². The van der Waals surface area contributed by atoms with Gasteiger partial charge in [-0.2, -0.15) is 18.3 Å². The summed E-state index contributed by atoms with van der Waals surface area (Å²) in [4.78, 5) is 12.5. The van der Waals surface area contributed by atoms with Gasteiger partial charge in [0.2, 0.25) is 10.0 Å². The van der Waals surface area contributed by atoms with E-state index >= 15 is 0 Å². The molecule has 14 heteroatoms. The molecule has 1 saturated heterocycles. The fourth-order valence-corrected chi connectivity index (χ4v) is 5.61. The van der Waals surface area contributed by atoms with Crippen LogP contribution in [0.4, 0.5) is 23.7 Å². The van der Waals surface area contributed by atoms with Gasteiger partial charge in [0, 0.05) is 25.7 Å². The molecule has 3 aromatic rings. The van der Waals surface area contributed by atoms with Crippen LogP contribution in [-0.4, -0.2) is 55.6 Å². The Labute approximate surface area is 223 Å². The standard InChI is InChI=1S/C25H28F3N5O5S/c1-38-20-9-10-21(18(12-20)13-29-39(36,37)16-17-6-3-2-4-7-17)33-15-22(23(31-33)25(26,27)28)32-11-5-8-19(14-32)30-24(34)35/h2-4,6-7,9-10,12,15,19,29-30H,5,8,11,13-14,16H2,1H3,(H,34,35). The number of benzene rings is 2. The third-order valence-electron chi connectivity index (χ3n) is 6.27. The maximum Gasteiger partial charge on any atom is 0.437 e. The van der Waals surface area contributed by atoms with Crippen LogP contribution in [0.25, 0.3) is 5.69 Å². The molecular weight excluding hydrogens is 539 g/mol. The van der Waals surface area contributed by atoms with Crippen LogP contribution < -0.4 is 19.7 Å². The predicted octanol–water partition coefficient (Wildman–Crippen LogP) is 3.76. The van der Waals surface area contributed by atoms with Crippen molar-refractivity contribution in [3.05, 3.63) is 71.5 Å². The van der Waals surface area contributed by atoms with Crippen molar-refractivity contribution in [1.29, 1.82) is 0 Å². The van der Waals surface area contributed by atoms with E-state index in [4.69, 9.17) is 9.84 Å². The molecule has 4 rings (SSSR count). The lowest BCUT2D eigenvalue weighted by molar-refractivity contribution is -0.140. The summed E-state index contributed by atoms with van der Waals surface area (Å²) in [6.07, 6.45) is -3.80. The number of hydrogen-bond donors (Lipinski definition) is 3. The minimum atomic E-state index is -4.78. The van der Waals surface area contributed by atoms with Crippen LogP contribution in [-0.2, 0) is 28.5 Å². The molecule has 0 radical (unpaired) electrons. The highest BCUT2D eigenvalue weighted by Gasteiger charge is 2.40. The highest BCUT2D eigenvalue weighted by molar-refractivity contribution is 7.88. The van der Waals surface area contributed by atoms with E-state index in [1.165, 1.54) is 30.3 Å². The van der Waals surface area contributed by atoms with Gasteiger partial charge in [0.25, 0.3) is 0 Å². The summed E-state index contributed by atoms with van der Waals surface area (Å²) in [6.45, 7) is 0.129. The van der Waals surface area contributed by atoms with E-state index in [-0.39, 0.29) is 30.2 Å². The number of nitrogens with one attached hydrogen (secondary N) is 2. The van der Waals surface area contributed by atoms with Gasteiger partial charge in [0.1, 0.15) is 5.75 Å². The number of alkyl halides is 3. The van der Waals surface area contributed by atoms with Gasteiger partial charge >= 0.3 is 12.3 Å². The number of nitrogens with zero attached hydrogens (tertiary/aromatic N) is 3. The number of methoxy groups -OCH3 is 1. The number of carboxylic acid groups (broad SMARTS) is 1. The summed E-state index contributed by atoms with van der Waals surface area (Å²) in [6, 6.07) is 12.6. The molecule has 2 heterocycles. The first kappa shape index (κ1) is 28.2. The first-order chi connectivity index (χ1) is 18.4. The van der Waals surface area contributed by atoms with Crippen LogP contribution in [0.1, 0.15) is 29.7 Å². The van der Waals surface area contributed by atoms with Crippen LogP contribution in [0.2, 0.25) is 0 Å². The number of sulfonamides is 1. The lowest BCUT2D eigenvalue weighted by atomic mass is 10.1. The van der Waals surface area contributed by atoms with E-state index in [9.17, 15) is 26.4 Å². The number of rotatable bonds is 9. The summed E-state index contributed by atoms with van der Waals surface area (Å²) in [5.41, 5.74) is -0.152. The number of anilines is 1. The molecule has 1 aromatic heterocycles. The van der Waals surface area contributed by atoms with E-state index in [0.717, 1.165) is 4.68 Å². The molecule has 0 spiro atoms. The zero-order valence-electron chi connectivity index (χ0n) is 21.0. The number of ether oxygens (including phenoxy) is 1. The smallest absolute Gasteiger partial charge is 0.437 e. The quantitative estimate of drug-likeness (QED) is 0.360. The molecule has 10 nitrogen and oxygen atoms in total. The minimum Gasteiger partial charge on any atom is -0.497 e. The Morgan fingerprint density at radius 2 is 1.92 bits per heavy atom. The molecule has 1 aliphatic heterocycles. The van der Waals surface area contributed by atoms with Crippen molar-refractivity contribution in [2.24, 2.45) is 0 Å². The average molecular weight is 568 g/mol. The Balaban J connectivity index is 1.65. The van der Waals surface area contributed by atoms with Crippen molar-refractivity contribution < 1.29 is 36.2 Å². The van der Waals surface area contributed by atoms with E-state index in [0.29, 0.717) is 36.3 Å². The molecule has 1 unspecified atom stereocenters. The Bertz CT molecular complexity index is 1410. The highest BCUT2D eigenvalue weighted by Crippen LogP contribution is 2.37. The Morgan fingerprint density at radius 1 is 1.18 bits per heavy atom. The lowest BCUT2D eigenvalue weighted by Gasteiger charge is -2.34. The summed E-state index contributed by atoms with van der Waals surface area (Å²) in [5, 5.41) is 15.2. The largest absolute Gasteiger partial charge is 0.497 e. The second-order valence-corrected chi connectivity index (χ2v) is 10.9. The Kier molecular flexibility index (Phi) is 8.35. The van der Waals surface area contributed by atoms with Crippen molar-refractivity contribution in [1.82, 2.24) is 19.8 Å². The van der Waals surface area contributed by atoms with Gasteiger partial charge in [-0.1, -0.05) is 30.3 Å². The molecule has 1 aliphatic rings. The monoisotopic (exact) mass is 567 g/mol. The molecule has 1 fully saturated rings. The van der Waals surface area contributed by atoms with Crippen LogP contribution >= 0.6 is 0 Å². The fourth-order valence-electron chi connectivity index (χ4n) is 4.50. The summed E-state index contributed by atoms with van der Waals surface area (Å²) >= 11 is 0. The molecule has 3 N–H and O–H groups in total. The Morgan fingerprint density at radius 3 is 2.59 bits per heavy atom. The number of halogens is 3. The maximum absolute atomic E-state index is 14.0. The molecule has 210 valence electrons. The highest BCUT2D eigenvalue weighted by atomic mass is 32.2. The van der Waals surface area contributed by atoms with Gasteiger partial charge in [0.05, 0.1) is 30.4 Å². The molecule has 0 bridgehead atoms. The van der Waals surface area contributed by atoms with E-state index in [1.807, 2.05) is 0 Å². The first-order valence-electron chi connectivity index (χ1n) is 12.0.